The Balaban J connectivity index is 2.02. The van der Waals surface area contributed by atoms with Crippen LogP contribution in [0.1, 0.15) is 12.8 Å². The third-order valence-corrected chi connectivity index (χ3v) is 3.96. The van der Waals surface area contributed by atoms with Crippen LogP contribution >= 0.6 is 15.9 Å². The van der Waals surface area contributed by atoms with Crippen LogP contribution < -0.4 is 11.1 Å². The molecule has 1 aliphatic rings. The minimum absolute atomic E-state index is 0.522. The molecule has 3 N–H and O–H groups in total. The van der Waals surface area contributed by atoms with E-state index in [1.165, 1.54) is 12.8 Å². The van der Waals surface area contributed by atoms with E-state index in [1.54, 1.807) is 0 Å². The fourth-order valence-corrected chi connectivity index (χ4v) is 2.90. The molecule has 0 saturated carbocycles. The monoisotopic (exact) mass is 294 g/mol. The summed E-state index contributed by atoms with van der Waals surface area (Å²) < 4.78 is 3.10. The van der Waals surface area contributed by atoms with Crippen LogP contribution in [-0.4, -0.2) is 22.1 Å². The molecule has 1 aromatic heterocycles. The number of hydrogen-bond donors (Lipinski definition) is 2. The van der Waals surface area contributed by atoms with E-state index < -0.39 is 0 Å². The van der Waals surface area contributed by atoms with E-state index in [9.17, 15) is 0 Å². The summed E-state index contributed by atoms with van der Waals surface area (Å²) >= 11 is 3.51. The molecule has 1 unspecified atom stereocenters. The highest BCUT2D eigenvalue weighted by molar-refractivity contribution is 9.10. The van der Waals surface area contributed by atoms with Crippen molar-refractivity contribution >= 4 is 32.9 Å². The minimum Gasteiger partial charge on any atom is -0.369 e. The van der Waals surface area contributed by atoms with Gasteiger partial charge in [0.05, 0.1) is 5.52 Å². The van der Waals surface area contributed by atoms with Gasteiger partial charge in [0, 0.05) is 17.1 Å². The smallest absolute Gasteiger partial charge is 0.201 e. The van der Waals surface area contributed by atoms with E-state index in [1.807, 2.05) is 12.1 Å². The first-order chi connectivity index (χ1) is 8.25. The van der Waals surface area contributed by atoms with Gasteiger partial charge in [0.15, 0.2) is 0 Å². The number of nitrogen functional groups attached to an aromatic ring is 1. The van der Waals surface area contributed by atoms with Crippen molar-refractivity contribution in [2.45, 2.75) is 25.4 Å². The molecule has 3 rings (SSSR count). The summed E-state index contributed by atoms with van der Waals surface area (Å²) in [6, 6.07) is 6.60. The molecule has 1 fully saturated rings. The van der Waals surface area contributed by atoms with Crippen LogP contribution in [0, 0.1) is 0 Å². The van der Waals surface area contributed by atoms with Crippen molar-refractivity contribution in [1.29, 1.82) is 0 Å². The number of anilines is 1. The lowest BCUT2D eigenvalue weighted by Crippen LogP contribution is -2.27. The number of nitrogens with zero attached hydrogens (tertiary/aromatic N) is 2. The van der Waals surface area contributed by atoms with Crippen LogP contribution in [0.2, 0.25) is 0 Å². The number of halogens is 1. The lowest BCUT2D eigenvalue weighted by atomic mass is 10.2. The van der Waals surface area contributed by atoms with Crippen molar-refractivity contribution < 1.29 is 0 Å². The summed E-state index contributed by atoms with van der Waals surface area (Å²) in [5.74, 6) is 0.598. The number of rotatable bonds is 2. The van der Waals surface area contributed by atoms with E-state index in [2.05, 4.69) is 36.9 Å². The Kier molecular flexibility index (Phi) is 2.80. The number of nitrogens with two attached hydrogens (primary N) is 1. The van der Waals surface area contributed by atoms with Gasteiger partial charge in [-0.25, -0.2) is 4.98 Å². The molecule has 2 heterocycles. The first kappa shape index (κ1) is 11.0. The van der Waals surface area contributed by atoms with Gasteiger partial charge in [0.25, 0.3) is 0 Å². The van der Waals surface area contributed by atoms with E-state index >= 15 is 0 Å². The quantitative estimate of drug-likeness (QED) is 0.892. The van der Waals surface area contributed by atoms with E-state index in [4.69, 9.17) is 5.73 Å². The fourth-order valence-electron chi connectivity index (χ4n) is 2.46. The highest BCUT2D eigenvalue weighted by Gasteiger charge is 2.18. The molecule has 0 amide bonds. The normalized spacial score (nSPS) is 20.2. The number of hydrogen-bond acceptors (Lipinski definition) is 3. The summed E-state index contributed by atoms with van der Waals surface area (Å²) in [5, 5.41) is 3.49. The number of benzene rings is 1. The van der Waals surface area contributed by atoms with Gasteiger partial charge in [-0.15, -0.1) is 0 Å². The Bertz CT molecular complexity index is 543. The number of fused-ring (bicyclic) bond motifs is 1. The van der Waals surface area contributed by atoms with Crippen LogP contribution in [-0.2, 0) is 6.54 Å². The van der Waals surface area contributed by atoms with Crippen LogP contribution in [0.3, 0.4) is 0 Å². The molecule has 5 heteroatoms. The highest BCUT2D eigenvalue weighted by atomic mass is 79.9. The van der Waals surface area contributed by atoms with E-state index in [0.717, 1.165) is 28.6 Å². The Labute approximate surface area is 108 Å². The first-order valence-corrected chi connectivity index (χ1v) is 6.68. The number of imidazole rings is 1. The fraction of sp³-hybridized carbons (Fsp3) is 0.417. The largest absolute Gasteiger partial charge is 0.369 e. The minimum atomic E-state index is 0.522. The third-order valence-electron chi connectivity index (χ3n) is 3.32. The Morgan fingerprint density at radius 1 is 1.53 bits per heavy atom. The molecular weight excluding hydrogens is 280 g/mol. The SMILES string of the molecule is Nc1nc2c(Br)cccc2n1CC1CCCN1. The maximum absolute atomic E-state index is 6.00. The summed E-state index contributed by atoms with van der Waals surface area (Å²) in [4.78, 5) is 4.42. The van der Waals surface area contributed by atoms with Crippen molar-refractivity contribution in [1.82, 2.24) is 14.9 Å². The van der Waals surface area contributed by atoms with Crippen molar-refractivity contribution in [3.63, 3.8) is 0 Å². The van der Waals surface area contributed by atoms with Crippen molar-refractivity contribution in [3.8, 4) is 0 Å². The van der Waals surface area contributed by atoms with Crippen molar-refractivity contribution in [2.24, 2.45) is 0 Å². The molecule has 90 valence electrons. The molecule has 4 nitrogen and oxygen atoms in total. The van der Waals surface area contributed by atoms with Gasteiger partial charge in [-0.2, -0.15) is 0 Å². The van der Waals surface area contributed by atoms with Gasteiger partial charge < -0.3 is 15.6 Å². The summed E-state index contributed by atoms with van der Waals surface area (Å²) in [5.41, 5.74) is 8.05. The lowest BCUT2D eigenvalue weighted by Gasteiger charge is -2.13. The van der Waals surface area contributed by atoms with Gasteiger partial charge in [-0.1, -0.05) is 6.07 Å². The zero-order valence-electron chi connectivity index (χ0n) is 9.49. The highest BCUT2D eigenvalue weighted by Crippen LogP contribution is 2.26. The molecule has 1 atom stereocenters. The number of nitrogens with one attached hydrogen (secondary N) is 1. The molecule has 0 bridgehead atoms. The molecule has 1 aliphatic heterocycles. The van der Waals surface area contributed by atoms with Gasteiger partial charge in [-0.3, -0.25) is 0 Å². The molecule has 1 aromatic carbocycles. The second kappa shape index (κ2) is 4.31. The van der Waals surface area contributed by atoms with Crippen LogP contribution in [0.15, 0.2) is 22.7 Å². The average molecular weight is 295 g/mol. The predicted molar refractivity (Wildman–Crippen MR) is 72.9 cm³/mol. The van der Waals surface area contributed by atoms with Crippen LogP contribution in [0.4, 0.5) is 5.95 Å². The molecule has 0 aliphatic carbocycles. The summed E-state index contributed by atoms with van der Waals surface area (Å²) in [6.45, 7) is 2.01. The second-order valence-corrected chi connectivity index (χ2v) is 5.34. The van der Waals surface area contributed by atoms with Crippen molar-refractivity contribution in [2.75, 3.05) is 12.3 Å². The second-order valence-electron chi connectivity index (χ2n) is 4.48. The molecule has 1 saturated heterocycles. The van der Waals surface area contributed by atoms with Crippen LogP contribution in [0.5, 0.6) is 0 Å². The van der Waals surface area contributed by atoms with Gasteiger partial charge in [0.1, 0.15) is 5.52 Å². The van der Waals surface area contributed by atoms with Crippen molar-refractivity contribution in [3.05, 3.63) is 22.7 Å². The molecule has 0 spiro atoms. The zero-order valence-corrected chi connectivity index (χ0v) is 11.1. The standard InChI is InChI=1S/C12H15BrN4/c13-9-4-1-5-10-11(9)16-12(14)17(10)7-8-3-2-6-15-8/h1,4-5,8,15H,2-3,6-7H2,(H2,14,16). The summed E-state index contributed by atoms with van der Waals surface area (Å²) in [7, 11) is 0. The molecule has 0 radical (unpaired) electrons. The van der Waals surface area contributed by atoms with E-state index in [0.29, 0.717) is 12.0 Å². The third kappa shape index (κ3) is 1.93. The average Bonchev–Trinajstić information content (AvgIpc) is 2.91. The van der Waals surface area contributed by atoms with E-state index in [-0.39, 0.29) is 0 Å². The van der Waals surface area contributed by atoms with Gasteiger partial charge in [0.2, 0.25) is 5.95 Å². The molecule has 2 aromatic rings. The number of aromatic nitrogens is 2. The number of para-hydroxylation sites is 1. The Morgan fingerprint density at radius 3 is 3.18 bits per heavy atom. The van der Waals surface area contributed by atoms with Crippen LogP contribution in [0.25, 0.3) is 11.0 Å². The molecular formula is C12H15BrN4. The van der Waals surface area contributed by atoms with Gasteiger partial charge in [-0.05, 0) is 47.4 Å². The Morgan fingerprint density at radius 2 is 2.41 bits per heavy atom. The summed E-state index contributed by atoms with van der Waals surface area (Å²) in [6.07, 6.45) is 2.47. The first-order valence-electron chi connectivity index (χ1n) is 5.89. The van der Waals surface area contributed by atoms with Gasteiger partial charge >= 0.3 is 0 Å². The Hall–Kier alpha value is -1.07. The maximum Gasteiger partial charge on any atom is 0.201 e. The molecule has 17 heavy (non-hydrogen) atoms. The maximum atomic E-state index is 6.00. The zero-order chi connectivity index (χ0) is 11.8. The lowest BCUT2D eigenvalue weighted by molar-refractivity contribution is 0.521. The predicted octanol–water partition coefficient (Wildman–Crippen LogP) is 2.13. The topological polar surface area (TPSA) is 55.9 Å².